The molecule has 7 heteroatoms. The summed E-state index contributed by atoms with van der Waals surface area (Å²) in [5.74, 6) is -2.49. The van der Waals surface area contributed by atoms with E-state index in [9.17, 15) is 19.2 Å². The van der Waals surface area contributed by atoms with Crippen LogP contribution in [0.15, 0.2) is 0 Å². The normalized spacial score (nSPS) is 15.9. The third kappa shape index (κ3) is 2.52. The van der Waals surface area contributed by atoms with Crippen LogP contribution in [-0.4, -0.2) is 41.2 Å². The highest BCUT2D eigenvalue weighted by atomic mass is 16.2. The van der Waals surface area contributed by atoms with E-state index in [1.807, 2.05) is 0 Å². The molecule has 1 aliphatic heterocycles. The van der Waals surface area contributed by atoms with E-state index in [2.05, 4.69) is 5.32 Å². The lowest BCUT2D eigenvalue weighted by atomic mass is 10.4. The van der Waals surface area contributed by atoms with Crippen molar-refractivity contribution in [1.29, 1.82) is 0 Å². The molecule has 1 rings (SSSR count). The average molecular weight is 213 g/mol. The van der Waals surface area contributed by atoms with Gasteiger partial charge in [0, 0.05) is 6.04 Å². The molecule has 0 radical (unpaired) electrons. The Balaban J connectivity index is 2.59. The van der Waals surface area contributed by atoms with Gasteiger partial charge in [-0.1, -0.05) is 0 Å². The Hall–Kier alpha value is -1.92. The van der Waals surface area contributed by atoms with Crippen LogP contribution in [0, 0.1) is 0 Å². The van der Waals surface area contributed by atoms with Crippen LogP contribution in [0.25, 0.3) is 0 Å². The molecule has 0 aromatic heterocycles. The molecule has 0 aromatic carbocycles. The molecule has 0 saturated carbocycles. The Morgan fingerprint density at radius 2 is 2.00 bits per heavy atom. The van der Waals surface area contributed by atoms with Crippen molar-refractivity contribution in [1.82, 2.24) is 15.5 Å². The fraction of sp³-hybridized carbons (Fsp3) is 0.500. The topological polar surface area (TPSA) is 95.6 Å². The number of imide groups is 2. The summed E-state index contributed by atoms with van der Waals surface area (Å²) in [7, 11) is 0. The Labute approximate surface area is 85.8 Å². The van der Waals surface area contributed by atoms with Crippen molar-refractivity contribution < 1.29 is 19.2 Å². The summed E-state index contributed by atoms with van der Waals surface area (Å²) in [5.41, 5.74) is 0. The molecule has 82 valence electrons. The van der Waals surface area contributed by atoms with Crippen LogP contribution in [0.2, 0.25) is 0 Å². The number of amides is 5. The van der Waals surface area contributed by atoms with Crippen LogP contribution < -0.4 is 10.6 Å². The predicted molar refractivity (Wildman–Crippen MR) is 48.5 cm³/mol. The number of carbonyl (C=O) groups excluding carboxylic acids is 4. The molecule has 0 unspecified atom stereocenters. The van der Waals surface area contributed by atoms with Gasteiger partial charge < -0.3 is 5.32 Å². The average Bonchev–Trinajstić information content (AvgIpc) is 2.31. The van der Waals surface area contributed by atoms with Gasteiger partial charge >= 0.3 is 17.8 Å². The second-order valence-corrected chi connectivity index (χ2v) is 3.37. The van der Waals surface area contributed by atoms with Crippen LogP contribution in [0.5, 0.6) is 0 Å². The van der Waals surface area contributed by atoms with E-state index in [0.29, 0.717) is 4.90 Å². The van der Waals surface area contributed by atoms with Gasteiger partial charge in [0.05, 0.1) is 0 Å². The zero-order valence-electron chi connectivity index (χ0n) is 8.36. The number of hydrogen-bond donors (Lipinski definition) is 2. The maximum Gasteiger partial charge on any atom is 0.332 e. The van der Waals surface area contributed by atoms with E-state index < -0.39 is 30.3 Å². The molecular weight excluding hydrogens is 202 g/mol. The van der Waals surface area contributed by atoms with Gasteiger partial charge in [-0.05, 0) is 13.8 Å². The summed E-state index contributed by atoms with van der Waals surface area (Å²) in [5, 5.41) is 4.30. The lowest BCUT2D eigenvalue weighted by Gasteiger charge is -2.12. The zero-order valence-corrected chi connectivity index (χ0v) is 8.36. The second-order valence-electron chi connectivity index (χ2n) is 3.37. The van der Waals surface area contributed by atoms with Crippen molar-refractivity contribution in [2.45, 2.75) is 19.9 Å². The molecule has 0 aromatic rings. The molecule has 5 amide bonds. The third-order valence-electron chi connectivity index (χ3n) is 1.66. The van der Waals surface area contributed by atoms with Gasteiger partial charge in [0.2, 0.25) is 5.91 Å². The highest BCUT2D eigenvalue weighted by Gasteiger charge is 2.37. The molecular formula is C8H11N3O4. The summed E-state index contributed by atoms with van der Waals surface area (Å²) < 4.78 is 0. The quantitative estimate of drug-likeness (QED) is 0.444. The molecule has 1 heterocycles. The first-order valence-corrected chi connectivity index (χ1v) is 4.38. The molecule has 0 aliphatic carbocycles. The summed E-state index contributed by atoms with van der Waals surface area (Å²) in [4.78, 5) is 44.6. The van der Waals surface area contributed by atoms with E-state index in [4.69, 9.17) is 0 Å². The van der Waals surface area contributed by atoms with E-state index in [1.54, 1.807) is 19.2 Å². The minimum absolute atomic E-state index is 0.0889. The summed E-state index contributed by atoms with van der Waals surface area (Å²) in [6.07, 6.45) is 0. The second kappa shape index (κ2) is 4.07. The Bertz CT molecular complexity index is 337. The van der Waals surface area contributed by atoms with Gasteiger partial charge in [-0.3, -0.25) is 19.7 Å². The van der Waals surface area contributed by atoms with E-state index >= 15 is 0 Å². The monoisotopic (exact) mass is 213 g/mol. The van der Waals surface area contributed by atoms with Gasteiger partial charge in [-0.2, -0.15) is 0 Å². The van der Waals surface area contributed by atoms with Crippen molar-refractivity contribution in [3.05, 3.63) is 0 Å². The first kappa shape index (κ1) is 11.2. The minimum Gasteiger partial charge on any atom is -0.352 e. The fourth-order valence-electron chi connectivity index (χ4n) is 1.09. The summed E-state index contributed by atoms with van der Waals surface area (Å²) in [6, 6.07) is -0.946. The number of hydrogen-bond acceptors (Lipinski definition) is 4. The molecule has 7 nitrogen and oxygen atoms in total. The highest BCUT2D eigenvalue weighted by molar-refractivity contribution is 6.45. The van der Waals surface area contributed by atoms with Gasteiger partial charge in [0.1, 0.15) is 6.54 Å². The SMILES string of the molecule is CC(C)NC(=O)CN1C(=O)NC(=O)C1=O. The number of urea groups is 1. The van der Waals surface area contributed by atoms with Crippen molar-refractivity contribution in [2.24, 2.45) is 0 Å². The molecule has 1 aliphatic rings. The maximum absolute atomic E-state index is 11.2. The molecule has 0 spiro atoms. The fourth-order valence-corrected chi connectivity index (χ4v) is 1.09. The minimum atomic E-state index is -1.00. The zero-order chi connectivity index (χ0) is 11.6. The van der Waals surface area contributed by atoms with Crippen molar-refractivity contribution in [2.75, 3.05) is 6.54 Å². The molecule has 0 atom stereocenters. The van der Waals surface area contributed by atoms with Crippen LogP contribution >= 0.6 is 0 Å². The largest absolute Gasteiger partial charge is 0.352 e. The van der Waals surface area contributed by atoms with Gasteiger partial charge in [0.25, 0.3) is 0 Å². The predicted octanol–water partition coefficient (Wildman–Crippen LogP) is -1.41. The van der Waals surface area contributed by atoms with Gasteiger partial charge in [0.15, 0.2) is 0 Å². The van der Waals surface area contributed by atoms with Crippen molar-refractivity contribution in [3.8, 4) is 0 Å². The highest BCUT2D eigenvalue weighted by Crippen LogP contribution is 1.99. The van der Waals surface area contributed by atoms with Crippen LogP contribution in [0.1, 0.15) is 13.8 Å². The maximum atomic E-state index is 11.2. The summed E-state index contributed by atoms with van der Waals surface area (Å²) >= 11 is 0. The van der Waals surface area contributed by atoms with Gasteiger partial charge in [-0.15, -0.1) is 0 Å². The Morgan fingerprint density at radius 1 is 1.40 bits per heavy atom. The van der Waals surface area contributed by atoms with E-state index in [0.717, 1.165) is 0 Å². The number of carbonyl (C=O) groups is 4. The van der Waals surface area contributed by atoms with E-state index in [1.165, 1.54) is 0 Å². The first-order chi connectivity index (χ1) is 6.91. The summed E-state index contributed by atoms with van der Waals surface area (Å²) in [6.45, 7) is 3.05. The molecule has 1 fully saturated rings. The lowest BCUT2D eigenvalue weighted by Crippen LogP contribution is -2.42. The molecule has 2 N–H and O–H groups in total. The van der Waals surface area contributed by atoms with Gasteiger partial charge in [-0.25, -0.2) is 9.69 Å². The molecule has 15 heavy (non-hydrogen) atoms. The number of nitrogens with zero attached hydrogens (tertiary/aromatic N) is 1. The standard InChI is InChI=1S/C8H11N3O4/c1-4(2)9-5(12)3-11-7(14)6(13)10-8(11)15/h4H,3H2,1-2H3,(H,9,12)(H,10,13,15). The van der Waals surface area contributed by atoms with E-state index in [-0.39, 0.29) is 6.04 Å². The smallest absolute Gasteiger partial charge is 0.332 e. The van der Waals surface area contributed by atoms with Crippen LogP contribution in [-0.2, 0) is 14.4 Å². The first-order valence-electron chi connectivity index (χ1n) is 4.38. The van der Waals surface area contributed by atoms with Crippen molar-refractivity contribution >= 4 is 23.8 Å². The number of nitrogens with one attached hydrogen (secondary N) is 2. The Kier molecular flexibility index (Phi) is 3.03. The lowest BCUT2D eigenvalue weighted by molar-refractivity contribution is -0.141. The van der Waals surface area contributed by atoms with Crippen molar-refractivity contribution in [3.63, 3.8) is 0 Å². The Morgan fingerprint density at radius 3 is 2.40 bits per heavy atom. The van der Waals surface area contributed by atoms with Crippen LogP contribution in [0.3, 0.4) is 0 Å². The number of rotatable bonds is 3. The van der Waals surface area contributed by atoms with Crippen LogP contribution in [0.4, 0.5) is 4.79 Å². The molecule has 0 bridgehead atoms. The molecule has 1 saturated heterocycles. The third-order valence-corrected chi connectivity index (χ3v) is 1.66.